The molecule has 2 aromatic rings. The van der Waals surface area contributed by atoms with Gasteiger partial charge < -0.3 is 9.47 Å². The highest BCUT2D eigenvalue weighted by molar-refractivity contribution is 6.32. The van der Waals surface area contributed by atoms with E-state index < -0.39 is 0 Å². The van der Waals surface area contributed by atoms with E-state index in [1.165, 1.54) is 12.8 Å². The van der Waals surface area contributed by atoms with E-state index >= 15 is 0 Å². The topological polar surface area (TPSA) is 59.9 Å². The van der Waals surface area contributed by atoms with Crippen LogP contribution in [0.1, 0.15) is 50.7 Å². The third-order valence-corrected chi connectivity index (χ3v) is 7.16. The highest BCUT2D eigenvalue weighted by atomic mass is 35.5. The molecular formula is C25H28Cl2N2O3. The van der Waals surface area contributed by atoms with E-state index in [4.69, 9.17) is 32.7 Å². The van der Waals surface area contributed by atoms with Gasteiger partial charge in [0.2, 0.25) is 5.91 Å². The van der Waals surface area contributed by atoms with Crippen LogP contribution in [0.5, 0.6) is 11.5 Å². The molecule has 32 heavy (non-hydrogen) atoms. The average Bonchev–Trinajstić information content (AvgIpc) is 3.40. The van der Waals surface area contributed by atoms with E-state index in [2.05, 4.69) is 17.5 Å². The third-order valence-electron chi connectivity index (χ3n) is 6.63. The zero-order valence-electron chi connectivity index (χ0n) is 18.4. The molecule has 2 saturated carbocycles. The molecule has 1 amide bonds. The summed E-state index contributed by atoms with van der Waals surface area (Å²) in [5, 5.41) is 5.26. The summed E-state index contributed by atoms with van der Waals surface area (Å²) >= 11 is 12.4. The van der Waals surface area contributed by atoms with Crippen molar-refractivity contribution in [3.63, 3.8) is 0 Å². The summed E-state index contributed by atoms with van der Waals surface area (Å²) in [6.07, 6.45) is 6.29. The van der Waals surface area contributed by atoms with Crippen molar-refractivity contribution in [1.82, 2.24) is 5.43 Å². The van der Waals surface area contributed by atoms with Crippen molar-refractivity contribution in [2.75, 3.05) is 6.61 Å². The molecular weight excluding hydrogens is 447 g/mol. The summed E-state index contributed by atoms with van der Waals surface area (Å²) in [6.45, 7) is 4.92. The fraction of sp³-hybridized carbons (Fsp3) is 0.440. The molecule has 2 aliphatic carbocycles. The smallest absolute Gasteiger partial charge is 0.244 e. The second-order valence-corrected chi connectivity index (χ2v) is 9.59. The van der Waals surface area contributed by atoms with E-state index in [1.807, 2.05) is 31.2 Å². The molecule has 1 N–H and O–H groups in total. The van der Waals surface area contributed by atoms with Gasteiger partial charge in [-0.3, -0.25) is 4.79 Å². The summed E-state index contributed by atoms with van der Waals surface area (Å²) in [4.78, 5) is 12.6. The van der Waals surface area contributed by atoms with Crippen LogP contribution in [-0.2, 0) is 11.4 Å². The fourth-order valence-corrected chi connectivity index (χ4v) is 5.29. The van der Waals surface area contributed by atoms with Crippen LogP contribution in [0.3, 0.4) is 0 Å². The number of amides is 1. The predicted octanol–water partition coefficient (Wildman–Crippen LogP) is 6.25. The molecule has 0 bridgehead atoms. The molecule has 4 rings (SSSR count). The molecule has 0 aromatic heterocycles. The standard InChI is InChI=1S/C25H28Cl2N2O3/c1-3-31-21-13-17(12-20(27)23(21)32-15-16-7-9-18(26)10-8-16)14-28-29-24(30)22-19-6-4-5-11-25(19,22)2/h7-10,12-14,19,22H,3-6,11,15H2,1-2H3,(H,29,30)/b28-14-/t19-,22-,25+/m0/s1. The molecule has 0 saturated heterocycles. The van der Waals surface area contributed by atoms with Crippen molar-refractivity contribution >= 4 is 35.3 Å². The summed E-state index contributed by atoms with van der Waals surface area (Å²) in [5.74, 6) is 1.59. The lowest BCUT2D eigenvalue weighted by Gasteiger charge is -2.15. The summed E-state index contributed by atoms with van der Waals surface area (Å²) in [7, 11) is 0. The van der Waals surface area contributed by atoms with Crippen LogP contribution in [0, 0.1) is 17.3 Å². The number of benzene rings is 2. The number of hydrogen-bond acceptors (Lipinski definition) is 4. The summed E-state index contributed by atoms with van der Waals surface area (Å²) in [6, 6.07) is 11.0. The van der Waals surface area contributed by atoms with Crippen molar-refractivity contribution in [3.8, 4) is 11.5 Å². The number of nitrogens with one attached hydrogen (secondary N) is 1. The predicted molar refractivity (Wildman–Crippen MR) is 128 cm³/mol. The Labute approximate surface area is 199 Å². The van der Waals surface area contributed by atoms with E-state index in [9.17, 15) is 4.79 Å². The molecule has 170 valence electrons. The second kappa shape index (κ2) is 9.72. The van der Waals surface area contributed by atoms with Crippen molar-refractivity contribution in [3.05, 3.63) is 57.6 Å². The zero-order valence-corrected chi connectivity index (χ0v) is 19.9. The van der Waals surface area contributed by atoms with Crippen LogP contribution in [0.2, 0.25) is 10.0 Å². The molecule has 0 spiro atoms. The highest BCUT2D eigenvalue weighted by Crippen LogP contribution is 2.66. The lowest BCUT2D eigenvalue weighted by atomic mass is 9.90. The number of rotatable bonds is 8. The molecule has 0 radical (unpaired) electrons. The van der Waals surface area contributed by atoms with Crippen LogP contribution < -0.4 is 14.9 Å². The lowest BCUT2D eigenvalue weighted by molar-refractivity contribution is -0.123. The maximum Gasteiger partial charge on any atom is 0.244 e. The average molecular weight is 475 g/mol. The first kappa shape index (κ1) is 22.9. The zero-order chi connectivity index (χ0) is 22.7. The van der Waals surface area contributed by atoms with Crippen molar-refractivity contribution in [2.24, 2.45) is 22.4 Å². The molecule has 2 aliphatic rings. The molecule has 0 heterocycles. The van der Waals surface area contributed by atoms with E-state index in [0.29, 0.717) is 40.7 Å². The van der Waals surface area contributed by atoms with E-state index in [0.717, 1.165) is 24.0 Å². The third kappa shape index (κ3) is 4.89. The van der Waals surface area contributed by atoms with Gasteiger partial charge in [0.25, 0.3) is 0 Å². The Hall–Kier alpha value is -2.24. The molecule has 3 atom stereocenters. The molecule has 0 aliphatic heterocycles. The van der Waals surface area contributed by atoms with Crippen LogP contribution in [0.15, 0.2) is 41.5 Å². The normalized spacial score (nSPS) is 24.1. The number of nitrogens with zero attached hydrogens (tertiary/aromatic N) is 1. The maximum atomic E-state index is 12.6. The molecule has 2 fully saturated rings. The Morgan fingerprint density at radius 1 is 1.22 bits per heavy atom. The summed E-state index contributed by atoms with van der Waals surface area (Å²) < 4.78 is 11.7. The first-order chi connectivity index (χ1) is 15.4. The van der Waals surface area contributed by atoms with Crippen LogP contribution in [-0.4, -0.2) is 18.7 Å². The Bertz CT molecular complexity index is 1010. The number of hydrogen-bond donors (Lipinski definition) is 1. The molecule has 2 aromatic carbocycles. The Kier molecular flexibility index (Phi) is 6.96. The molecule has 7 heteroatoms. The van der Waals surface area contributed by atoms with Gasteiger partial charge in [-0.25, -0.2) is 5.43 Å². The van der Waals surface area contributed by atoms with Crippen LogP contribution >= 0.6 is 23.2 Å². The Morgan fingerprint density at radius 3 is 2.69 bits per heavy atom. The minimum atomic E-state index is 0.00898. The van der Waals surface area contributed by atoms with Gasteiger partial charge in [-0.15, -0.1) is 0 Å². The van der Waals surface area contributed by atoms with Crippen molar-refractivity contribution in [1.29, 1.82) is 0 Å². The van der Waals surface area contributed by atoms with Gasteiger partial charge in [0.1, 0.15) is 6.61 Å². The minimum absolute atomic E-state index is 0.00898. The second-order valence-electron chi connectivity index (χ2n) is 8.75. The first-order valence-corrected chi connectivity index (χ1v) is 11.8. The van der Waals surface area contributed by atoms with Crippen molar-refractivity contribution in [2.45, 2.75) is 46.1 Å². The number of ether oxygens (including phenoxy) is 2. The SMILES string of the molecule is CCOc1cc(/C=N\NC(=O)[C@@H]2[C@@H]3CCCC[C@@]23C)cc(Cl)c1OCc1ccc(Cl)cc1. The number of fused-ring (bicyclic) bond motifs is 1. The number of hydrazone groups is 1. The molecule has 5 nitrogen and oxygen atoms in total. The Morgan fingerprint density at radius 2 is 2.00 bits per heavy atom. The van der Waals surface area contributed by atoms with Gasteiger partial charge in [-0.2, -0.15) is 5.10 Å². The van der Waals surface area contributed by atoms with Crippen molar-refractivity contribution < 1.29 is 14.3 Å². The number of carbonyl (C=O) groups excluding carboxylic acids is 1. The fourth-order valence-electron chi connectivity index (χ4n) is 4.89. The molecule has 0 unspecified atom stereocenters. The Balaban J connectivity index is 1.41. The van der Waals surface area contributed by atoms with Crippen LogP contribution in [0.4, 0.5) is 0 Å². The monoisotopic (exact) mass is 474 g/mol. The maximum absolute atomic E-state index is 12.6. The van der Waals surface area contributed by atoms with Gasteiger partial charge >= 0.3 is 0 Å². The van der Waals surface area contributed by atoms with E-state index in [-0.39, 0.29) is 17.2 Å². The number of halogens is 2. The largest absolute Gasteiger partial charge is 0.490 e. The van der Waals surface area contributed by atoms with Gasteiger partial charge in [0, 0.05) is 10.9 Å². The lowest BCUT2D eigenvalue weighted by Crippen LogP contribution is -2.22. The van der Waals surface area contributed by atoms with Gasteiger partial charge in [0.15, 0.2) is 11.5 Å². The van der Waals surface area contributed by atoms with Gasteiger partial charge in [-0.1, -0.05) is 55.1 Å². The summed E-state index contributed by atoms with van der Waals surface area (Å²) in [5.41, 5.74) is 4.56. The quantitative estimate of drug-likeness (QED) is 0.363. The van der Waals surface area contributed by atoms with Gasteiger partial charge in [0.05, 0.1) is 17.8 Å². The highest BCUT2D eigenvalue weighted by Gasteiger charge is 2.64. The minimum Gasteiger partial charge on any atom is -0.490 e. The van der Waals surface area contributed by atoms with E-state index in [1.54, 1.807) is 18.3 Å². The van der Waals surface area contributed by atoms with Gasteiger partial charge in [-0.05, 0) is 66.5 Å². The van der Waals surface area contributed by atoms with Crippen LogP contribution in [0.25, 0.3) is 0 Å². The number of carbonyl (C=O) groups is 1. The first-order valence-electron chi connectivity index (χ1n) is 11.1.